The first-order valence-corrected chi connectivity index (χ1v) is 5.81. The summed E-state index contributed by atoms with van der Waals surface area (Å²) in [4.78, 5) is 23.5. The van der Waals surface area contributed by atoms with Crippen molar-refractivity contribution in [2.24, 2.45) is 0 Å². The minimum atomic E-state index is -0.914. The Bertz CT molecular complexity index is 571. The van der Waals surface area contributed by atoms with Crippen LogP contribution in [0.25, 0.3) is 11.2 Å². The molecule has 2 rings (SSSR count). The molecule has 0 radical (unpaired) electrons. The fraction of sp³-hybridized carbons (Fsp3) is 0.273. The molecule has 0 unspecified atom stereocenters. The molecule has 0 aromatic carbocycles. The van der Waals surface area contributed by atoms with E-state index >= 15 is 0 Å². The maximum atomic E-state index is 11.0. The van der Waals surface area contributed by atoms with E-state index in [1.807, 2.05) is 0 Å². The molecule has 0 aliphatic heterocycles. The molecule has 88 valence electrons. The quantitative estimate of drug-likeness (QED) is 0.838. The summed E-state index contributed by atoms with van der Waals surface area (Å²) in [7, 11) is 0. The van der Waals surface area contributed by atoms with Crippen molar-refractivity contribution < 1.29 is 9.90 Å². The number of fused-ring (bicyclic) bond motifs is 1. The van der Waals surface area contributed by atoms with Crippen molar-refractivity contribution in [1.82, 2.24) is 15.0 Å². The van der Waals surface area contributed by atoms with E-state index in [0.29, 0.717) is 16.2 Å². The average molecular weight is 249 g/mol. The molecule has 0 saturated carbocycles. The van der Waals surface area contributed by atoms with Crippen LogP contribution in [0, 0.1) is 0 Å². The van der Waals surface area contributed by atoms with Crippen molar-refractivity contribution in [3.05, 3.63) is 24.5 Å². The molecule has 2 aromatic rings. The van der Waals surface area contributed by atoms with Gasteiger partial charge >= 0.3 is 5.97 Å². The number of thioether (sulfide) groups is 1. The van der Waals surface area contributed by atoms with Gasteiger partial charge in [0.2, 0.25) is 0 Å². The van der Waals surface area contributed by atoms with Crippen LogP contribution in [-0.2, 0) is 4.79 Å². The summed E-state index contributed by atoms with van der Waals surface area (Å²) in [5, 5.41) is 9.67. The average Bonchev–Trinajstić information content (AvgIpc) is 2.28. The number of pyridine rings is 1. The van der Waals surface area contributed by atoms with Gasteiger partial charge in [-0.2, -0.15) is 0 Å². The van der Waals surface area contributed by atoms with Crippen molar-refractivity contribution in [1.29, 1.82) is 0 Å². The van der Waals surface area contributed by atoms with Crippen LogP contribution in [0.5, 0.6) is 0 Å². The van der Waals surface area contributed by atoms with Gasteiger partial charge in [-0.05, 0) is 26.0 Å². The van der Waals surface area contributed by atoms with Gasteiger partial charge in [0.1, 0.15) is 10.3 Å². The van der Waals surface area contributed by atoms with Crippen LogP contribution < -0.4 is 0 Å². The zero-order valence-electron chi connectivity index (χ0n) is 9.41. The molecule has 0 fully saturated rings. The summed E-state index contributed by atoms with van der Waals surface area (Å²) in [6.07, 6.45) is 3.16. The lowest BCUT2D eigenvalue weighted by molar-refractivity contribution is -0.138. The normalized spacial score (nSPS) is 11.6. The fourth-order valence-corrected chi connectivity index (χ4v) is 2.08. The summed E-state index contributed by atoms with van der Waals surface area (Å²) < 4.78 is -0.914. The summed E-state index contributed by atoms with van der Waals surface area (Å²) >= 11 is 1.19. The topological polar surface area (TPSA) is 76.0 Å². The number of rotatable bonds is 3. The molecule has 0 amide bonds. The molecule has 1 N–H and O–H groups in total. The molecule has 0 atom stereocenters. The van der Waals surface area contributed by atoms with Crippen LogP contribution >= 0.6 is 11.8 Å². The summed E-state index contributed by atoms with van der Waals surface area (Å²) in [5.41, 5.74) is 1.23. The van der Waals surface area contributed by atoms with Crippen molar-refractivity contribution in [2.45, 2.75) is 23.6 Å². The van der Waals surface area contributed by atoms with E-state index in [1.54, 1.807) is 38.4 Å². The highest BCUT2D eigenvalue weighted by Gasteiger charge is 2.29. The molecule has 0 aliphatic rings. The van der Waals surface area contributed by atoms with Crippen LogP contribution in [0.4, 0.5) is 0 Å². The number of nitrogens with zero attached hydrogens (tertiary/aromatic N) is 3. The van der Waals surface area contributed by atoms with Crippen LogP contribution in [0.15, 0.2) is 29.6 Å². The van der Waals surface area contributed by atoms with Crippen molar-refractivity contribution in [3.8, 4) is 0 Å². The summed E-state index contributed by atoms with van der Waals surface area (Å²) in [5.74, 6) is -0.872. The SMILES string of the molecule is CC(C)(Sc1ccc2nccnc2n1)C(=O)O. The predicted octanol–water partition coefficient (Wildman–Crippen LogP) is 1.98. The number of carbonyl (C=O) groups is 1. The number of hydrogen-bond donors (Lipinski definition) is 1. The molecular weight excluding hydrogens is 238 g/mol. The molecular formula is C11H11N3O2S. The maximum absolute atomic E-state index is 11.0. The number of carboxylic acid groups (broad SMARTS) is 1. The molecule has 0 bridgehead atoms. The summed E-state index contributed by atoms with van der Waals surface area (Å²) in [6.45, 7) is 3.28. The molecule has 2 aromatic heterocycles. The van der Waals surface area contributed by atoms with Gasteiger partial charge < -0.3 is 5.11 Å². The minimum absolute atomic E-state index is 0.527. The largest absolute Gasteiger partial charge is 0.480 e. The Morgan fingerprint density at radius 1 is 1.29 bits per heavy atom. The van der Waals surface area contributed by atoms with Gasteiger partial charge in [-0.1, -0.05) is 11.8 Å². The van der Waals surface area contributed by atoms with Crippen molar-refractivity contribution in [3.63, 3.8) is 0 Å². The third-order valence-corrected chi connectivity index (χ3v) is 3.30. The van der Waals surface area contributed by atoms with Gasteiger partial charge in [-0.15, -0.1) is 0 Å². The molecule has 5 nitrogen and oxygen atoms in total. The van der Waals surface area contributed by atoms with Gasteiger partial charge in [-0.25, -0.2) is 9.97 Å². The lowest BCUT2D eigenvalue weighted by atomic mass is 10.2. The first kappa shape index (κ1) is 11.8. The second-order valence-corrected chi connectivity index (χ2v) is 5.61. The lowest BCUT2D eigenvalue weighted by Crippen LogP contribution is -2.27. The Balaban J connectivity index is 2.34. The highest BCUT2D eigenvalue weighted by Crippen LogP contribution is 2.31. The standard InChI is InChI=1S/C11H11N3O2S/c1-11(2,10(15)16)17-8-4-3-7-9(14-8)13-6-5-12-7/h3-6H,1-2H3,(H,15,16). The number of aromatic nitrogens is 3. The van der Waals surface area contributed by atoms with E-state index in [2.05, 4.69) is 15.0 Å². The zero-order valence-corrected chi connectivity index (χ0v) is 10.2. The Labute approximate surface area is 102 Å². The summed E-state index contributed by atoms with van der Waals surface area (Å²) in [6, 6.07) is 3.54. The zero-order chi connectivity index (χ0) is 12.5. The molecule has 6 heteroatoms. The maximum Gasteiger partial charge on any atom is 0.319 e. The second-order valence-electron chi connectivity index (χ2n) is 3.97. The van der Waals surface area contributed by atoms with Gasteiger partial charge in [0.05, 0.1) is 5.03 Å². The molecule has 17 heavy (non-hydrogen) atoms. The number of aliphatic carboxylic acids is 1. The van der Waals surface area contributed by atoms with E-state index in [9.17, 15) is 4.79 Å². The van der Waals surface area contributed by atoms with Crippen molar-refractivity contribution >= 4 is 28.9 Å². The third kappa shape index (κ3) is 2.52. The predicted molar refractivity (Wildman–Crippen MR) is 64.9 cm³/mol. The van der Waals surface area contributed by atoms with Crippen LogP contribution in [0.2, 0.25) is 0 Å². The molecule has 0 spiro atoms. The molecule has 0 saturated heterocycles. The first-order valence-electron chi connectivity index (χ1n) is 4.99. The van der Waals surface area contributed by atoms with Gasteiger partial charge in [0.15, 0.2) is 5.65 Å². The van der Waals surface area contributed by atoms with E-state index < -0.39 is 10.7 Å². The minimum Gasteiger partial charge on any atom is -0.480 e. The van der Waals surface area contributed by atoms with Crippen LogP contribution in [-0.4, -0.2) is 30.8 Å². The first-order chi connectivity index (χ1) is 7.99. The van der Waals surface area contributed by atoms with Crippen molar-refractivity contribution in [2.75, 3.05) is 0 Å². The number of hydrogen-bond acceptors (Lipinski definition) is 5. The Kier molecular flexibility index (Phi) is 2.97. The lowest BCUT2D eigenvalue weighted by Gasteiger charge is -2.17. The Morgan fingerprint density at radius 3 is 2.71 bits per heavy atom. The van der Waals surface area contributed by atoms with Gasteiger partial charge in [0.25, 0.3) is 0 Å². The van der Waals surface area contributed by atoms with Gasteiger partial charge in [0, 0.05) is 12.4 Å². The second kappa shape index (κ2) is 4.29. The molecule has 2 heterocycles. The third-order valence-electron chi connectivity index (χ3n) is 2.18. The Morgan fingerprint density at radius 2 is 2.00 bits per heavy atom. The van der Waals surface area contributed by atoms with Crippen LogP contribution in [0.3, 0.4) is 0 Å². The highest BCUT2D eigenvalue weighted by atomic mass is 32.2. The fourth-order valence-electron chi connectivity index (χ4n) is 1.20. The highest BCUT2D eigenvalue weighted by molar-refractivity contribution is 8.01. The Hall–Kier alpha value is -1.69. The smallest absolute Gasteiger partial charge is 0.319 e. The van der Waals surface area contributed by atoms with E-state index in [0.717, 1.165) is 0 Å². The molecule has 0 aliphatic carbocycles. The van der Waals surface area contributed by atoms with Crippen LogP contribution in [0.1, 0.15) is 13.8 Å². The number of carboxylic acids is 1. The van der Waals surface area contributed by atoms with E-state index in [-0.39, 0.29) is 0 Å². The van der Waals surface area contributed by atoms with Gasteiger partial charge in [-0.3, -0.25) is 9.78 Å². The van der Waals surface area contributed by atoms with E-state index in [4.69, 9.17) is 5.11 Å². The monoisotopic (exact) mass is 249 g/mol. The van der Waals surface area contributed by atoms with E-state index in [1.165, 1.54) is 11.8 Å².